The van der Waals surface area contributed by atoms with E-state index in [9.17, 15) is 5.11 Å². The Morgan fingerprint density at radius 2 is 1.87 bits per heavy atom. The van der Waals surface area contributed by atoms with Gasteiger partial charge in [-0.05, 0) is 12.0 Å². The van der Waals surface area contributed by atoms with E-state index < -0.39 is 0 Å². The molecule has 0 bridgehead atoms. The van der Waals surface area contributed by atoms with Crippen molar-refractivity contribution in [2.75, 3.05) is 6.61 Å². The molecule has 2 nitrogen and oxygen atoms in total. The fourth-order valence-corrected chi connectivity index (χ4v) is 2.40. The molecule has 3 atom stereocenters. The summed E-state index contributed by atoms with van der Waals surface area (Å²) in [6.45, 7) is 7.46. The lowest BCUT2D eigenvalue weighted by molar-refractivity contribution is 0.0133. The first kappa shape index (κ1) is 19.7. The van der Waals surface area contributed by atoms with Gasteiger partial charge in [0.05, 0.1) is 19.3 Å². The average molecular weight is 316 g/mol. The average Bonchev–Trinajstić information content (AvgIpc) is 2.58. The number of aliphatic hydroxyl groups is 1. The van der Waals surface area contributed by atoms with E-state index in [4.69, 9.17) is 4.74 Å². The van der Waals surface area contributed by atoms with E-state index in [2.05, 4.69) is 44.2 Å². The Labute approximate surface area is 141 Å². The summed E-state index contributed by atoms with van der Waals surface area (Å²) in [5.74, 6) is 0.239. The molecule has 0 aliphatic rings. The summed E-state index contributed by atoms with van der Waals surface area (Å²) in [5, 5.41) is 10.4. The number of rotatable bonds is 11. The van der Waals surface area contributed by atoms with Gasteiger partial charge in [0.2, 0.25) is 0 Å². The van der Waals surface area contributed by atoms with Crippen molar-refractivity contribution in [2.24, 2.45) is 11.8 Å². The summed E-state index contributed by atoms with van der Waals surface area (Å²) in [5.41, 5.74) is 1.17. The van der Waals surface area contributed by atoms with Crippen molar-refractivity contribution in [3.63, 3.8) is 0 Å². The molecule has 0 aromatic heterocycles. The molecular weight excluding hydrogens is 284 g/mol. The smallest absolute Gasteiger partial charge is 0.0717 e. The highest BCUT2D eigenvalue weighted by molar-refractivity contribution is 5.13. The fourth-order valence-electron chi connectivity index (χ4n) is 2.40. The molecule has 1 aromatic rings. The highest BCUT2D eigenvalue weighted by atomic mass is 16.5. The van der Waals surface area contributed by atoms with Gasteiger partial charge in [0.1, 0.15) is 0 Å². The minimum absolute atomic E-state index is 0.113. The van der Waals surface area contributed by atoms with Gasteiger partial charge in [-0.2, -0.15) is 0 Å². The van der Waals surface area contributed by atoms with Gasteiger partial charge >= 0.3 is 0 Å². The summed E-state index contributed by atoms with van der Waals surface area (Å²) >= 11 is 0. The molecule has 0 amide bonds. The molecule has 0 fully saturated rings. The molecule has 23 heavy (non-hydrogen) atoms. The second-order valence-electron chi connectivity index (χ2n) is 6.28. The first-order valence-electron chi connectivity index (χ1n) is 8.78. The van der Waals surface area contributed by atoms with Crippen molar-refractivity contribution in [3.8, 4) is 0 Å². The lowest BCUT2D eigenvalue weighted by Crippen LogP contribution is -2.27. The summed E-state index contributed by atoms with van der Waals surface area (Å²) in [6.07, 6.45) is 11.6. The van der Waals surface area contributed by atoms with Crippen molar-refractivity contribution >= 4 is 0 Å². The van der Waals surface area contributed by atoms with Crippen LogP contribution >= 0.6 is 0 Å². The maximum Gasteiger partial charge on any atom is 0.0717 e. The molecule has 0 saturated heterocycles. The van der Waals surface area contributed by atoms with Crippen molar-refractivity contribution in [2.45, 2.75) is 52.7 Å². The highest BCUT2D eigenvalue weighted by Crippen LogP contribution is 2.15. The van der Waals surface area contributed by atoms with Gasteiger partial charge < -0.3 is 9.84 Å². The van der Waals surface area contributed by atoms with Gasteiger partial charge in [0.25, 0.3) is 0 Å². The molecule has 0 aliphatic carbocycles. The maximum absolute atomic E-state index is 10.4. The molecule has 2 heteroatoms. The van der Waals surface area contributed by atoms with Crippen LogP contribution in [-0.4, -0.2) is 17.8 Å². The van der Waals surface area contributed by atoms with Crippen LogP contribution in [0, 0.1) is 11.8 Å². The molecule has 1 N–H and O–H groups in total. The molecule has 0 unspecified atom stereocenters. The second kappa shape index (κ2) is 12.1. The summed E-state index contributed by atoms with van der Waals surface area (Å²) in [6, 6.07) is 10.1. The lowest BCUT2D eigenvalue weighted by atomic mass is 9.93. The number of aliphatic hydroxyl groups excluding tert-OH is 1. The Balaban J connectivity index is 2.27. The Morgan fingerprint density at radius 1 is 1.13 bits per heavy atom. The van der Waals surface area contributed by atoms with Gasteiger partial charge in [-0.1, -0.05) is 88.2 Å². The van der Waals surface area contributed by atoms with Crippen LogP contribution < -0.4 is 0 Å². The number of unbranched alkanes of at least 4 members (excludes halogenated alkanes) is 2. The monoisotopic (exact) mass is 316 g/mol. The van der Waals surface area contributed by atoms with Crippen LogP contribution in [0.25, 0.3) is 0 Å². The molecule has 0 heterocycles. The fraction of sp³-hybridized carbons (Fsp3) is 0.524. The molecule has 0 radical (unpaired) electrons. The number of ether oxygens (including phenoxy) is 1. The first-order chi connectivity index (χ1) is 11.1. The Hall–Kier alpha value is -1.38. The van der Waals surface area contributed by atoms with Gasteiger partial charge in [-0.3, -0.25) is 0 Å². The molecule has 0 spiro atoms. The van der Waals surface area contributed by atoms with Crippen LogP contribution in [-0.2, 0) is 11.3 Å². The zero-order valence-electron chi connectivity index (χ0n) is 14.8. The van der Waals surface area contributed by atoms with E-state index in [-0.39, 0.29) is 17.9 Å². The lowest BCUT2D eigenvalue weighted by Gasteiger charge is -2.22. The van der Waals surface area contributed by atoms with Crippen LogP contribution in [0.2, 0.25) is 0 Å². The van der Waals surface area contributed by atoms with Crippen molar-refractivity contribution < 1.29 is 9.84 Å². The van der Waals surface area contributed by atoms with Crippen LogP contribution in [0.4, 0.5) is 0 Å². The molecule has 0 saturated carbocycles. The van der Waals surface area contributed by atoms with Crippen LogP contribution in [0.3, 0.4) is 0 Å². The standard InChI is InChI=1S/C21H32O2/c1-4-5-6-7-8-10-13-18(2)21(22)19(3)16-23-17-20-14-11-9-12-15-20/h7-15,18-19,21-22H,4-6,16-17H2,1-3H3/b8-7+,13-10+/t18-,19+,21-/m0/s1. The quantitative estimate of drug-likeness (QED) is 0.452. The van der Waals surface area contributed by atoms with Crippen LogP contribution in [0.5, 0.6) is 0 Å². The number of hydrogen-bond donors (Lipinski definition) is 1. The van der Waals surface area contributed by atoms with Crippen molar-refractivity contribution in [1.82, 2.24) is 0 Å². The number of allylic oxidation sites excluding steroid dienone is 3. The zero-order chi connectivity index (χ0) is 16.9. The van der Waals surface area contributed by atoms with Crippen molar-refractivity contribution in [3.05, 3.63) is 60.2 Å². The van der Waals surface area contributed by atoms with Crippen molar-refractivity contribution in [1.29, 1.82) is 0 Å². The Morgan fingerprint density at radius 3 is 2.57 bits per heavy atom. The largest absolute Gasteiger partial charge is 0.392 e. The van der Waals surface area contributed by atoms with Crippen LogP contribution in [0.1, 0.15) is 45.6 Å². The van der Waals surface area contributed by atoms with E-state index >= 15 is 0 Å². The molecule has 1 rings (SSSR count). The summed E-state index contributed by atoms with van der Waals surface area (Å²) in [4.78, 5) is 0. The second-order valence-corrected chi connectivity index (χ2v) is 6.28. The van der Waals surface area contributed by atoms with E-state index in [1.54, 1.807) is 0 Å². The minimum atomic E-state index is -0.383. The van der Waals surface area contributed by atoms with E-state index in [1.165, 1.54) is 18.4 Å². The Bertz CT molecular complexity index is 450. The topological polar surface area (TPSA) is 29.5 Å². The normalized spacial score (nSPS) is 16.0. The van der Waals surface area contributed by atoms with Crippen LogP contribution in [0.15, 0.2) is 54.6 Å². The predicted octanol–water partition coefficient (Wildman–Crippen LogP) is 5.14. The summed E-state index contributed by atoms with van der Waals surface area (Å²) < 4.78 is 5.72. The molecule has 128 valence electrons. The minimum Gasteiger partial charge on any atom is -0.392 e. The van der Waals surface area contributed by atoms with Gasteiger partial charge in [0.15, 0.2) is 0 Å². The van der Waals surface area contributed by atoms with Gasteiger partial charge in [0, 0.05) is 11.8 Å². The third-order valence-corrected chi connectivity index (χ3v) is 4.00. The molecule has 0 aliphatic heterocycles. The Kier molecular flexibility index (Phi) is 10.3. The van der Waals surface area contributed by atoms with E-state index in [1.807, 2.05) is 31.2 Å². The third kappa shape index (κ3) is 8.73. The number of hydrogen-bond acceptors (Lipinski definition) is 2. The number of benzene rings is 1. The molecular formula is C21H32O2. The predicted molar refractivity (Wildman–Crippen MR) is 98.2 cm³/mol. The van der Waals surface area contributed by atoms with E-state index in [0.29, 0.717) is 13.2 Å². The molecule has 1 aromatic carbocycles. The first-order valence-corrected chi connectivity index (χ1v) is 8.78. The maximum atomic E-state index is 10.4. The van der Waals surface area contributed by atoms with Gasteiger partial charge in [-0.25, -0.2) is 0 Å². The van der Waals surface area contributed by atoms with Gasteiger partial charge in [-0.15, -0.1) is 0 Å². The zero-order valence-corrected chi connectivity index (χ0v) is 14.8. The van der Waals surface area contributed by atoms with E-state index in [0.717, 1.165) is 6.42 Å². The SMILES string of the molecule is CCCC/C=C/C=C/[C@H](C)[C@H](O)[C@H](C)COCc1ccccc1. The summed E-state index contributed by atoms with van der Waals surface area (Å²) in [7, 11) is 0. The third-order valence-electron chi connectivity index (χ3n) is 4.00. The highest BCUT2D eigenvalue weighted by Gasteiger charge is 2.19.